The molecule has 1 aliphatic carbocycles. The van der Waals surface area contributed by atoms with Crippen LogP contribution >= 0.6 is 0 Å². The molecule has 4 aromatic rings. The minimum atomic E-state index is -3.56. The molecule has 0 radical (unpaired) electrons. The second kappa shape index (κ2) is 15.8. The van der Waals surface area contributed by atoms with Gasteiger partial charge >= 0.3 is 6.03 Å². The predicted molar refractivity (Wildman–Crippen MR) is 195 cm³/mol. The third-order valence-electron chi connectivity index (χ3n) is 8.81. The number of carbonyl (C=O) groups excluding carboxylic acids is 1. The highest BCUT2D eigenvalue weighted by Crippen LogP contribution is 2.39. The number of nitrogens with one attached hydrogen (secondary N) is 4. The van der Waals surface area contributed by atoms with Crippen molar-refractivity contribution in [3.05, 3.63) is 89.9 Å². The summed E-state index contributed by atoms with van der Waals surface area (Å²) in [5, 5.41) is 26.0. The average Bonchev–Trinajstić information content (AvgIpc) is 3.50. The number of fused-ring (bicyclic) bond motifs is 2. The fraction of sp³-hybridized carbons (Fsp3) is 0.389. The molecule has 51 heavy (non-hydrogen) atoms. The first-order valence-corrected chi connectivity index (χ1v) is 18.9. The number of benzene rings is 2. The second-order valence-corrected chi connectivity index (χ2v) is 14.5. The van der Waals surface area contributed by atoms with Crippen molar-refractivity contribution in [3.63, 3.8) is 0 Å². The quantitative estimate of drug-likeness (QED) is 0.0763. The fourth-order valence-corrected chi connectivity index (χ4v) is 6.88. The molecule has 2 amide bonds. The van der Waals surface area contributed by atoms with Gasteiger partial charge in [0.15, 0.2) is 5.65 Å². The number of allylic oxidation sites excluding steroid dienone is 1. The van der Waals surface area contributed by atoms with Crippen molar-refractivity contribution in [3.8, 4) is 11.5 Å². The molecule has 0 unspecified atom stereocenters. The van der Waals surface area contributed by atoms with E-state index in [1.165, 1.54) is 12.5 Å². The van der Waals surface area contributed by atoms with Crippen molar-refractivity contribution in [1.82, 2.24) is 25.2 Å². The van der Waals surface area contributed by atoms with E-state index in [1.807, 2.05) is 47.0 Å². The highest BCUT2D eigenvalue weighted by atomic mass is 32.2. The van der Waals surface area contributed by atoms with Crippen LogP contribution in [0.1, 0.15) is 69.2 Å². The van der Waals surface area contributed by atoms with Gasteiger partial charge in [0.2, 0.25) is 5.95 Å². The number of nitrogens with zero attached hydrogens (tertiary/aromatic N) is 4. The fourth-order valence-electron chi connectivity index (χ4n) is 6.51. The number of hydrogen-bond acceptors (Lipinski definition) is 11. The van der Waals surface area contributed by atoms with Gasteiger partial charge in [0, 0.05) is 30.1 Å². The molecule has 2 aliphatic rings. The molecule has 2 aromatic heterocycles. The molecule has 1 saturated heterocycles. The lowest BCUT2D eigenvalue weighted by atomic mass is 9.85. The maximum absolute atomic E-state index is 13.4. The van der Waals surface area contributed by atoms with E-state index in [0.29, 0.717) is 36.1 Å². The Morgan fingerprint density at radius 3 is 2.61 bits per heavy atom. The third-order valence-corrected chi connectivity index (χ3v) is 9.40. The summed E-state index contributed by atoms with van der Waals surface area (Å²) < 4.78 is 41.3. The van der Waals surface area contributed by atoms with Crippen LogP contribution in [0.5, 0.6) is 11.5 Å². The topological polar surface area (TPSA) is 172 Å². The van der Waals surface area contributed by atoms with E-state index in [4.69, 9.17) is 19.1 Å². The van der Waals surface area contributed by atoms with E-state index in [9.17, 15) is 13.2 Å². The molecule has 2 aromatic carbocycles. The first-order chi connectivity index (χ1) is 24.5. The molecule has 3 heterocycles. The van der Waals surface area contributed by atoms with Crippen molar-refractivity contribution in [2.75, 3.05) is 36.2 Å². The van der Waals surface area contributed by atoms with Gasteiger partial charge in [-0.2, -0.15) is 8.42 Å². The van der Waals surface area contributed by atoms with Crippen molar-refractivity contribution in [2.24, 2.45) is 0 Å². The van der Waals surface area contributed by atoms with E-state index < -0.39 is 16.1 Å². The van der Waals surface area contributed by atoms with Crippen LogP contribution in [0.2, 0.25) is 0 Å². The lowest BCUT2D eigenvalue weighted by molar-refractivity contribution is 0.171. The zero-order chi connectivity index (χ0) is 36.0. The Morgan fingerprint density at radius 1 is 1.00 bits per heavy atom. The summed E-state index contributed by atoms with van der Waals surface area (Å²) in [5.41, 5.74) is 3.57. The number of pyridine rings is 1. The summed E-state index contributed by atoms with van der Waals surface area (Å²) >= 11 is 0. The molecule has 0 bridgehead atoms. The summed E-state index contributed by atoms with van der Waals surface area (Å²) in [6.45, 7) is 4.70. The summed E-state index contributed by atoms with van der Waals surface area (Å²) in [5.74, 6) is 2.32. The van der Waals surface area contributed by atoms with E-state index in [0.717, 1.165) is 54.1 Å². The highest BCUT2D eigenvalue weighted by Gasteiger charge is 2.30. The number of ether oxygens (including phenoxy) is 2. The number of urea groups is 1. The Hall–Kier alpha value is -5.15. The van der Waals surface area contributed by atoms with Crippen molar-refractivity contribution < 1.29 is 26.9 Å². The Labute approximate surface area is 297 Å². The van der Waals surface area contributed by atoms with Crippen LogP contribution in [0.15, 0.2) is 78.8 Å². The van der Waals surface area contributed by atoms with Gasteiger partial charge in [0.1, 0.15) is 36.6 Å². The molecular formula is C36H44N8O6S. The van der Waals surface area contributed by atoms with Gasteiger partial charge in [-0.25, -0.2) is 4.79 Å². The molecule has 0 spiro atoms. The molecule has 6 rings (SSSR count). The van der Waals surface area contributed by atoms with Crippen molar-refractivity contribution in [1.29, 1.82) is 5.41 Å². The van der Waals surface area contributed by atoms with Crippen LogP contribution in [0.25, 0.3) is 5.65 Å². The number of carbonyl (C=O) groups is 1. The summed E-state index contributed by atoms with van der Waals surface area (Å²) in [6, 6.07) is 18.5. The maximum atomic E-state index is 13.4. The first-order valence-electron chi connectivity index (χ1n) is 17.1. The average molecular weight is 717 g/mol. The van der Waals surface area contributed by atoms with Crippen molar-refractivity contribution >= 4 is 39.1 Å². The van der Waals surface area contributed by atoms with Gasteiger partial charge < -0.3 is 30.4 Å². The highest BCUT2D eigenvalue weighted by molar-refractivity contribution is 7.85. The van der Waals surface area contributed by atoms with Crippen LogP contribution in [0, 0.1) is 5.41 Å². The Morgan fingerprint density at radius 2 is 1.82 bits per heavy atom. The Kier molecular flexibility index (Phi) is 11.1. The van der Waals surface area contributed by atoms with Crippen molar-refractivity contribution in [2.45, 2.75) is 64.1 Å². The largest absolute Gasteiger partial charge is 0.491 e. The molecule has 14 nitrogen and oxygen atoms in total. The number of hydrogen-bond donors (Lipinski definition) is 4. The van der Waals surface area contributed by atoms with Gasteiger partial charge in [-0.05, 0) is 87.4 Å². The smallest absolute Gasteiger partial charge is 0.320 e. The van der Waals surface area contributed by atoms with Crippen LogP contribution in [-0.4, -0.2) is 66.8 Å². The minimum Gasteiger partial charge on any atom is -0.491 e. The zero-order valence-electron chi connectivity index (χ0n) is 29.0. The predicted octanol–water partition coefficient (Wildman–Crippen LogP) is 5.71. The minimum absolute atomic E-state index is 0.0323. The first kappa shape index (κ1) is 35.7. The van der Waals surface area contributed by atoms with E-state index in [-0.39, 0.29) is 31.1 Å². The number of rotatable bonds is 13. The molecule has 15 heteroatoms. The van der Waals surface area contributed by atoms with Gasteiger partial charge in [0.25, 0.3) is 10.1 Å². The third kappa shape index (κ3) is 9.35. The summed E-state index contributed by atoms with van der Waals surface area (Å²) in [7, 11) is -3.56. The lowest BCUT2D eigenvalue weighted by Crippen LogP contribution is -2.40. The molecule has 4 N–H and O–H groups in total. The van der Waals surface area contributed by atoms with Crippen LogP contribution in [0.4, 0.5) is 16.4 Å². The second-order valence-electron chi connectivity index (χ2n) is 12.9. The van der Waals surface area contributed by atoms with Gasteiger partial charge in [0.05, 0.1) is 18.5 Å². The molecular weight excluding hydrogens is 673 g/mol. The molecule has 270 valence electrons. The van der Waals surface area contributed by atoms with Gasteiger partial charge in [-0.1, -0.05) is 30.3 Å². The number of piperidine rings is 1. The molecule has 1 fully saturated rings. The van der Waals surface area contributed by atoms with E-state index >= 15 is 0 Å². The SMILES string of the molecule is CC(=N)/C=C(/NC(=O)N[C@H]1CC[C@@H](Oc2ccc3nnc(N4CCCC[C@@H]4C)n3c2)c2ccccc21)Nc1cccc(OCCOS(C)(=O)=O)c1. The zero-order valence-corrected chi connectivity index (χ0v) is 29.8. The molecule has 3 atom stereocenters. The normalized spacial score (nSPS) is 19.2. The maximum Gasteiger partial charge on any atom is 0.320 e. The number of anilines is 2. The van der Waals surface area contributed by atoms with E-state index in [2.05, 4.69) is 38.0 Å². The lowest BCUT2D eigenvalue weighted by Gasteiger charge is -2.33. The summed E-state index contributed by atoms with van der Waals surface area (Å²) in [6.07, 6.45) is 9.06. The van der Waals surface area contributed by atoms with Crippen LogP contribution < -0.4 is 30.3 Å². The van der Waals surface area contributed by atoms with E-state index in [1.54, 1.807) is 31.2 Å². The molecule has 0 saturated carbocycles. The van der Waals surface area contributed by atoms with Gasteiger partial charge in [-0.15, -0.1) is 10.2 Å². The Balaban J connectivity index is 1.10. The summed E-state index contributed by atoms with van der Waals surface area (Å²) in [4.78, 5) is 15.7. The number of amides is 2. The van der Waals surface area contributed by atoms with Crippen LogP contribution in [0.3, 0.4) is 0 Å². The Bertz CT molecular complexity index is 2020. The molecule has 1 aliphatic heterocycles. The standard InChI is InChI=1S/C36H44N8O6S/c1-24(37)21-33(38-26-10-8-11-27(22-26)48-19-20-49-51(3,46)47)40-35(45)39-31-15-16-32(30-13-5-4-12-29(30)31)50-28-14-17-34-41-42-36(44(34)23-28)43-18-7-6-9-25(43)2/h4-5,8,10-14,17,21-23,25,31-32,37-38H,6-7,9,15-16,18-20H2,1-3H3,(H2,39,40,45)/b33-21+,37-24?/t25-,31-,32+/m0/s1. The van der Waals surface area contributed by atoms with Crippen LogP contribution in [-0.2, 0) is 14.3 Å². The van der Waals surface area contributed by atoms with Gasteiger partial charge in [-0.3, -0.25) is 13.9 Å². The number of aromatic nitrogens is 3. The monoisotopic (exact) mass is 716 g/mol.